The van der Waals surface area contributed by atoms with Crippen molar-refractivity contribution in [3.05, 3.63) is 0 Å². The van der Waals surface area contributed by atoms with Crippen molar-refractivity contribution in [1.82, 2.24) is 0 Å². The molecule has 0 bridgehead atoms. The molecule has 5 N–H and O–H groups in total. The highest BCUT2D eigenvalue weighted by atomic mass is 16.4. The second-order valence-electron chi connectivity index (χ2n) is 10.1. The molecule has 3 rings (SSSR count). The Labute approximate surface area is 171 Å². The van der Waals surface area contributed by atoms with Gasteiger partial charge in [0, 0.05) is 13.5 Å². The first-order valence-corrected chi connectivity index (χ1v) is 11.4. The van der Waals surface area contributed by atoms with Crippen LogP contribution in [0, 0.1) is 40.9 Å². The van der Waals surface area contributed by atoms with Gasteiger partial charge >= 0.3 is 0 Å². The van der Waals surface area contributed by atoms with Crippen molar-refractivity contribution in [2.75, 3.05) is 13.2 Å². The average molecular weight is 398 g/mol. The summed E-state index contributed by atoms with van der Waals surface area (Å²) in [6.07, 6.45) is 8.99. The Hall–Kier alpha value is -0.650. The van der Waals surface area contributed by atoms with E-state index < -0.39 is 11.6 Å². The van der Waals surface area contributed by atoms with Gasteiger partial charge in [0.1, 0.15) is 0 Å². The van der Waals surface area contributed by atoms with E-state index in [1.807, 2.05) is 0 Å². The summed E-state index contributed by atoms with van der Waals surface area (Å²) >= 11 is 0. The quantitative estimate of drug-likeness (QED) is 0.579. The van der Waals surface area contributed by atoms with Crippen molar-refractivity contribution in [3.8, 4) is 0 Å². The molecule has 3 aliphatic rings. The summed E-state index contributed by atoms with van der Waals surface area (Å²) in [6, 6.07) is 0. The zero-order valence-electron chi connectivity index (χ0n) is 18.4. The summed E-state index contributed by atoms with van der Waals surface area (Å²) in [5.41, 5.74) is 6.13. The molecule has 0 aromatic heterocycles. The van der Waals surface area contributed by atoms with Gasteiger partial charge in [0.05, 0.1) is 5.60 Å². The van der Waals surface area contributed by atoms with Crippen LogP contribution in [0.5, 0.6) is 0 Å². The fourth-order valence-electron chi connectivity index (χ4n) is 7.11. The molecule has 0 spiro atoms. The molecule has 0 amide bonds. The molecule has 0 aromatic carbocycles. The molecule has 0 aliphatic heterocycles. The lowest BCUT2D eigenvalue weighted by atomic mass is 9.52. The molecule has 0 radical (unpaired) electrons. The number of hydrogen-bond donors (Lipinski definition) is 4. The first kappa shape index (κ1) is 23.6. The fourth-order valence-corrected chi connectivity index (χ4v) is 7.11. The van der Waals surface area contributed by atoms with Crippen molar-refractivity contribution in [2.45, 2.75) is 84.7 Å². The van der Waals surface area contributed by atoms with Crippen LogP contribution in [0.25, 0.3) is 0 Å². The molecule has 3 aliphatic carbocycles. The van der Waals surface area contributed by atoms with Gasteiger partial charge in [-0.2, -0.15) is 0 Å². The van der Waals surface area contributed by atoms with Crippen molar-refractivity contribution < 1.29 is 20.1 Å². The summed E-state index contributed by atoms with van der Waals surface area (Å²) < 4.78 is 0. The maximum Gasteiger partial charge on any atom is 0.300 e. The lowest BCUT2D eigenvalue weighted by Crippen LogP contribution is -2.55. The third kappa shape index (κ3) is 4.57. The number of aliphatic carboxylic acids is 1. The highest BCUT2D eigenvalue weighted by Gasteiger charge is 2.57. The number of carbonyl (C=O) groups is 1. The molecule has 5 heteroatoms. The Bertz CT molecular complexity index is 523. The number of fused-ring (bicyclic) bond motifs is 1. The van der Waals surface area contributed by atoms with Gasteiger partial charge in [-0.3, -0.25) is 4.79 Å². The van der Waals surface area contributed by atoms with Gasteiger partial charge in [0.15, 0.2) is 0 Å². The van der Waals surface area contributed by atoms with E-state index in [-0.39, 0.29) is 12.5 Å². The summed E-state index contributed by atoms with van der Waals surface area (Å²) in [5.74, 6) is 2.25. The Morgan fingerprint density at radius 1 is 1.14 bits per heavy atom. The van der Waals surface area contributed by atoms with Crippen LogP contribution in [-0.2, 0) is 4.79 Å². The van der Waals surface area contributed by atoms with Gasteiger partial charge < -0.3 is 21.1 Å². The first-order chi connectivity index (χ1) is 13.1. The lowest BCUT2D eigenvalue weighted by molar-refractivity contribution is -0.137. The number of rotatable bonds is 4. The van der Waals surface area contributed by atoms with Crippen LogP contribution in [0.1, 0.15) is 79.1 Å². The van der Waals surface area contributed by atoms with Crippen LogP contribution in [0.3, 0.4) is 0 Å². The average Bonchev–Trinajstić information content (AvgIpc) is 2.98. The third-order valence-corrected chi connectivity index (χ3v) is 8.78. The molecular formula is C23H43NO4. The number of hydrogen-bond acceptors (Lipinski definition) is 4. The molecule has 3 fully saturated rings. The van der Waals surface area contributed by atoms with Crippen LogP contribution in [-0.4, -0.2) is 40.0 Å². The third-order valence-electron chi connectivity index (χ3n) is 8.78. The summed E-state index contributed by atoms with van der Waals surface area (Å²) in [6.45, 7) is 9.07. The molecule has 0 heterocycles. The number of carboxylic acid groups (broad SMARTS) is 1. The predicted octanol–water partition coefficient (Wildman–Crippen LogP) is 3.66. The van der Waals surface area contributed by atoms with E-state index in [0.29, 0.717) is 35.6 Å². The van der Waals surface area contributed by atoms with Crippen LogP contribution in [0.2, 0.25) is 0 Å². The second kappa shape index (κ2) is 9.44. The molecule has 5 nitrogen and oxygen atoms in total. The van der Waals surface area contributed by atoms with Gasteiger partial charge in [-0.15, -0.1) is 0 Å². The van der Waals surface area contributed by atoms with Gasteiger partial charge in [0.25, 0.3) is 5.97 Å². The topological polar surface area (TPSA) is 104 Å². The number of aliphatic hydroxyl groups is 2. The Morgan fingerprint density at radius 2 is 1.79 bits per heavy atom. The van der Waals surface area contributed by atoms with E-state index in [2.05, 4.69) is 20.8 Å². The molecule has 0 aromatic rings. The standard InChI is InChI=1S/C21H39NO2.C2H4O2/c1-4-16-5-6-18-17(12-22)19(8-9-20(16,18)3)21(24)10-7-14(2)15(11-21)13-23;1-2(3)4/h14-19,23-24H,4-13,22H2,1-3H3;1H3,(H,3,4)/t14?,15?,16-,17-,18-,19-,20+,21?;/m0./s1. The summed E-state index contributed by atoms with van der Waals surface area (Å²) in [5, 5.41) is 28.7. The second-order valence-corrected chi connectivity index (χ2v) is 10.1. The zero-order valence-corrected chi connectivity index (χ0v) is 18.4. The highest BCUT2D eigenvalue weighted by Crippen LogP contribution is 2.62. The van der Waals surface area contributed by atoms with Gasteiger partial charge in [-0.25, -0.2) is 0 Å². The minimum atomic E-state index is -0.833. The normalized spacial score (nSPS) is 45.7. The number of carboxylic acids is 1. The van der Waals surface area contributed by atoms with E-state index >= 15 is 0 Å². The highest BCUT2D eigenvalue weighted by molar-refractivity contribution is 5.62. The Morgan fingerprint density at radius 3 is 2.32 bits per heavy atom. The maximum absolute atomic E-state index is 11.6. The van der Waals surface area contributed by atoms with Crippen LogP contribution in [0.15, 0.2) is 0 Å². The molecular weight excluding hydrogens is 354 g/mol. The van der Waals surface area contributed by atoms with E-state index in [4.69, 9.17) is 15.6 Å². The van der Waals surface area contributed by atoms with Crippen molar-refractivity contribution >= 4 is 5.97 Å². The zero-order chi connectivity index (χ0) is 21.1. The molecule has 8 atom stereocenters. The largest absolute Gasteiger partial charge is 0.481 e. The lowest BCUT2D eigenvalue weighted by Gasteiger charge is -2.55. The minimum absolute atomic E-state index is 0.211. The smallest absolute Gasteiger partial charge is 0.300 e. The Balaban J connectivity index is 0.000000640. The summed E-state index contributed by atoms with van der Waals surface area (Å²) in [7, 11) is 0. The predicted molar refractivity (Wildman–Crippen MR) is 112 cm³/mol. The van der Waals surface area contributed by atoms with Gasteiger partial charge in [-0.1, -0.05) is 27.2 Å². The Kier molecular flexibility index (Phi) is 7.97. The SMILES string of the molecule is CC(=O)O.CC[C@H]1CC[C@H]2[C@H](CN)[C@@H](C3(O)CCC(C)C(CO)C3)CC[C@]12C. The molecule has 164 valence electrons. The van der Waals surface area contributed by atoms with Gasteiger partial charge in [-0.05, 0) is 92.4 Å². The van der Waals surface area contributed by atoms with E-state index in [1.165, 1.54) is 25.7 Å². The molecule has 28 heavy (non-hydrogen) atoms. The van der Waals surface area contributed by atoms with E-state index in [9.17, 15) is 10.2 Å². The maximum atomic E-state index is 11.6. The van der Waals surface area contributed by atoms with E-state index in [1.54, 1.807) is 0 Å². The number of aliphatic hydroxyl groups excluding tert-OH is 1. The fraction of sp³-hybridized carbons (Fsp3) is 0.957. The summed E-state index contributed by atoms with van der Waals surface area (Å²) in [4.78, 5) is 9.00. The van der Waals surface area contributed by atoms with Crippen molar-refractivity contribution in [1.29, 1.82) is 0 Å². The van der Waals surface area contributed by atoms with Crippen LogP contribution >= 0.6 is 0 Å². The van der Waals surface area contributed by atoms with Crippen LogP contribution < -0.4 is 5.73 Å². The first-order valence-electron chi connectivity index (χ1n) is 11.4. The van der Waals surface area contributed by atoms with E-state index in [0.717, 1.165) is 38.5 Å². The van der Waals surface area contributed by atoms with Crippen LogP contribution in [0.4, 0.5) is 0 Å². The van der Waals surface area contributed by atoms with Gasteiger partial charge in [0.2, 0.25) is 0 Å². The van der Waals surface area contributed by atoms with Crippen molar-refractivity contribution in [3.63, 3.8) is 0 Å². The van der Waals surface area contributed by atoms with Crippen molar-refractivity contribution in [2.24, 2.45) is 46.7 Å². The molecule has 3 unspecified atom stereocenters. The molecule has 0 saturated heterocycles. The minimum Gasteiger partial charge on any atom is -0.481 e. The monoisotopic (exact) mass is 397 g/mol. The number of nitrogens with two attached hydrogens (primary N) is 1. The molecule has 3 saturated carbocycles.